The number of benzene rings is 1. The molecule has 1 aromatic carbocycles. The fourth-order valence-electron chi connectivity index (χ4n) is 2.86. The van der Waals surface area contributed by atoms with Gasteiger partial charge in [0.2, 0.25) is 0 Å². The fourth-order valence-corrected chi connectivity index (χ4v) is 3.99. The van der Waals surface area contributed by atoms with Crippen LogP contribution in [0.3, 0.4) is 0 Å². The lowest BCUT2D eigenvalue weighted by Gasteiger charge is -2.11. The van der Waals surface area contributed by atoms with Gasteiger partial charge in [0, 0.05) is 23.2 Å². The number of hydrogen-bond acceptors (Lipinski definition) is 7. The molecule has 2 aromatic heterocycles. The third-order valence-electron chi connectivity index (χ3n) is 4.53. The fraction of sp³-hybridized carbons (Fsp3) is 0.273. The number of nitrogens with zero attached hydrogens (tertiary/aromatic N) is 2. The van der Waals surface area contributed by atoms with E-state index in [4.69, 9.17) is 9.26 Å². The van der Waals surface area contributed by atoms with Crippen LogP contribution in [-0.2, 0) is 21.7 Å². The summed E-state index contributed by atoms with van der Waals surface area (Å²) in [4.78, 5) is 29.1. The average Bonchev–Trinajstić information content (AvgIpc) is 3.08. The van der Waals surface area contributed by atoms with E-state index in [0.717, 1.165) is 34.7 Å². The number of aryl methyl sites for hydroxylation is 3. The van der Waals surface area contributed by atoms with Crippen molar-refractivity contribution in [3.05, 3.63) is 70.7 Å². The van der Waals surface area contributed by atoms with Crippen LogP contribution in [0.5, 0.6) is 0 Å². The number of amides is 1. The molecular formula is C22H23N3O4S. The second-order valence-corrected chi connectivity index (χ2v) is 7.55. The van der Waals surface area contributed by atoms with E-state index in [-0.39, 0.29) is 6.61 Å². The average molecular weight is 426 g/mol. The second-order valence-electron chi connectivity index (χ2n) is 6.58. The summed E-state index contributed by atoms with van der Waals surface area (Å²) in [6.07, 6.45) is 2.40. The maximum absolute atomic E-state index is 12.6. The molecule has 0 saturated heterocycles. The Kier molecular flexibility index (Phi) is 7.24. The lowest BCUT2D eigenvalue weighted by molar-refractivity contribution is -0.119. The molecule has 0 unspecified atom stereocenters. The third-order valence-corrected chi connectivity index (χ3v) is 5.56. The van der Waals surface area contributed by atoms with Crippen LogP contribution in [0.1, 0.15) is 39.9 Å². The van der Waals surface area contributed by atoms with Gasteiger partial charge in [-0.25, -0.2) is 9.78 Å². The second kappa shape index (κ2) is 10.1. The zero-order valence-corrected chi connectivity index (χ0v) is 17.9. The van der Waals surface area contributed by atoms with E-state index >= 15 is 0 Å². The number of rotatable bonds is 8. The Hall–Kier alpha value is -3.13. The highest BCUT2D eigenvalue weighted by atomic mass is 32.2. The van der Waals surface area contributed by atoms with Crippen molar-refractivity contribution in [2.75, 3.05) is 11.9 Å². The molecule has 3 rings (SSSR count). The summed E-state index contributed by atoms with van der Waals surface area (Å²) in [6.45, 7) is 5.35. The molecule has 30 heavy (non-hydrogen) atoms. The molecule has 3 aromatic rings. The van der Waals surface area contributed by atoms with Crippen LogP contribution in [0.15, 0.2) is 52.1 Å². The molecule has 2 heterocycles. The Morgan fingerprint density at radius 1 is 1.17 bits per heavy atom. The van der Waals surface area contributed by atoms with Crippen LogP contribution >= 0.6 is 11.8 Å². The van der Waals surface area contributed by atoms with Crippen molar-refractivity contribution in [2.45, 2.75) is 38.0 Å². The van der Waals surface area contributed by atoms with Crippen molar-refractivity contribution >= 4 is 29.3 Å². The van der Waals surface area contributed by atoms with E-state index in [9.17, 15) is 9.59 Å². The number of esters is 1. The minimum Gasteiger partial charge on any atom is -0.452 e. The Morgan fingerprint density at radius 2 is 1.97 bits per heavy atom. The van der Waals surface area contributed by atoms with Crippen LogP contribution in [0.4, 0.5) is 5.69 Å². The van der Waals surface area contributed by atoms with Crippen molar-refractivity contribution in [1.29, 1.82) is 0 Å². The van der Waals surface area contributed by atoms with E-state index in [1.807, 2.05) is 45.0 Å². The maximum Gasteiger partial charge on any atom is 0.341 e. The third kappa shape index (κ3) is 5.27. The molecular weight excluding hydrogens is 402 g/mol. The first-order valence-corrected chi connectivity index (χ1v) is 10.5. The normalized spacial score (nSPS) is 10.6. The van der Waals surface area contributed by atoms with Gasteiger partial charge in [-0.15, -0.1) is 11.8 Å². The summed E-state index contributed by atoms with van der Waals surface area (Å²) in [6, 6.07) is 10.8. The monoisotopic (exact) mass is 425 g/mol. The predicted molar refractivity (Wildman–Crippen MR) is 115 cm³/mol. The molecule has 7 nitrogen and oxygen atoms in total. The summed E-state index contributed by atoms with van der Waals surface area (Å²) in [7, 11) is 0. The van der Waals surface area contributed by atoms with E-state index < -0.39 is 11.9 Å². The summed E-state index contributed by atoms with van der Waals surface area (Å²) in [5.74, 6) is 0.317. The van der Waals surface area contributed by atoms with Crippen molar-refractivity contribution < 1.29 is 18.8 Å². The van der Waals surface area contributed by atoms with E-state index in [0.29, 0.717) is 16.3 Å². The van der Waals surface area contributed by atoms with Crippen molar-refractivity contribution in [3.63, 3.8) is 0 Å². The largest absolute Gasteiger partial charge is 0.452 e. The van der Waals surface area contributed by atoms with Gasteiger partial charge in [-0.3, -0.25) is 4.79 Å². The number of hydrogen-bond donors (Lipinski definition) is 1. The van der Waals surface area contributed by atoms with Gasteiger partial charge >= 0.3 is 5.97 Å². The summed E-state index contributed by atoms with van der Waals surface area (Å²) in [5.41, 5.74) is 3.83. The van der Waals surface area contributed by atoms with E-state index in [2.05, 4.69) is 15.5 Å². The zero-order chi connectivity index (χ0) is 21.5. The molecule has 0 aliphatic rings. The van der Waals surface area contributed by atoms with E-state index in [1.54, 1.807) is 18.3 Å². The first-order chi connectivity index (χ1) is 14.5. The Bertz CT molecular complexity index is 1030. The SMILES string of the molecule is CCc1ccccc1NC(=O)COC(=O)c1cccnc1SCc1c(C)noc1C. The molecule has 0 radical (unpaired) electrons. The molecule has 156 valence electrons. The smallest absolute Gasteiger partial charge is 0.341 e. The van der Waals surface area contributed by atoms with Crippen molar-refractivity contribution in [1.82, 2.24) is 10.1 Å². The van der Waals surface area contributed by atoms with Crippen LogP contribution in [-0.4, -0.2) is 28.6 Å². The standard InChI is InChI=1S/C22H23N3O4S/c1-4-16-8-5-6-10-19(16)24-20(26)12-28-22(27)17-9-7-11-23-21(17)30-13-18-14(2)25-29-15(18)3/h5-11H,4,12-13H2,1-3H3,(H,24,26). The number of para-hydroxylation sites is 1. The Balaban J connectivity index is 1.61. The number of anilines is 1. The topological polar surface area (TPSA) is 94.3 Å². The zero-order valence-electron chi connectivity index (χ0n) is 17.1. The Morgan fingerprint density at radius 3 is 2.70 bits per heavy atom. The lowest BCUT2D eigenvalue weighted by Crippen LogP contribution is -2.21. The highest BCUT2D eigenvalue weighted by Gasteiger charge is 2.18. The maximum atomic E-state index is 12.6. The predicted octanol–water partition coefficient (Wildman–Crippen LogP) is 4.34. The Labute approximate surface area is 179 Å². The van der Waals surface area contributed by atoms with Crippen LogP contribution in [0, 0.1) is 13.8 Å². The minimum atomic E-state index is -0.594. The number of pyridine rings is 1. The van der Waals surface area contributed by atoms with Gasteiger partial charge in [0.25, 0.3) is 5.91 Å². The van der Waals surface area contributed by atoms with Gasteiger partial charge in [0.05, 0.1) is 11.3 Å². The van der Waals surface area contributed by atoms with E-state index in [1.165, 1.54) is 11.8 Å². The summed E-state index contributed by atoms with van der Waals surface area (Å²) in [5, 5.41) is 7.25. The van der Waals surface area contributed by atoms with Crippen molar-refractivity contribution in [3.8, 4) is 0 Å². The number of aromatic nitrogens is 2. The molecule has 0 aliphatic carbocycles. The molecule has 1 N–H and O–H groups in total. The van der Waals surface area contributed by atoms with Crippen LogP contribution in [0.2, 0.25) is 0 Å². The van der Waals surface area contributed by atoms with Gasteiger partial charge < -0.3 is 14.6 Å². The number of carbonyl (C=O) groups excluding carboxylic acids is 2. The molecule has 8 heteroatoms. The molecule has 0 bridgehead atoms. The molecule has 0 atom stereocenters. The van der Waals surface area contributed by atoms with Crippen LogP contribution < -0.4 is 5.32 Å². The minimum absolute atomic E-state index is 0.316. The summed E-state index contributed by atoms with van der Waals surface area (Å²) < 4.78 is 10.4. The lowest BCUT2D eigenvalue weighted by atomic mass is 10.1. The highest BCUT2D eigenvalue weighted by Crippen LogP contribution is 2.27. The van der Waals surface area contributed by atoms with Gasteiger partial charge in [-0.1, -0.05) is 30.3 Å². The van der Waals surface area contributed by atoms with Gasteiger partial charge in [0.15, 0.2) is 6.61 Å². The van der Waals surface area contributed by atoms with Crippen molar-refractivity contribution in [2.24, 2.45) is 0 Å². The number of thioether (sulfide) groups is 1. The number of carbonyl (C=O) groups is 2. The molecule has 0 aliphatic heterocycles. The summed E-state index contributed by atoms with van der Waals surface area (Å²) >= 11 is 1.39. The van der Waals surface area contributed by atoms with Gasteiger partial charge in [-0.2, -0.15) is 0 Å². The molecule has 0 saturated carbocycles. The number of nitrogens with one attached hydrogen (secondary N) is 1. The first-order valence-electron chi connectivity index (χ1n) is 9.54. The quantitative estimate of drug-likeness (QED) is 0.424. The van der Waals surface area contributed by atoms with Gasteiger partial charge in [-0.05, 0) is 44.0 Å². The van der Waals surface area contributed by atoms with Gasteiger partial charge in [0.1, 0.15) is 10.8 Å². The first kappa shape index (κ1) is 21.6. The molecule has 0 fully saturated rings. The molecule has 0 spiro atoms. The highest BCUT2D eigenvalue weighted by molar-refractivity contribution is 7.98. The van der Waals surface area contributed by atoms with Crippen LogP contribution in [0.25, 0.3) is 0 Å². The molecule has 1 amide bonds. The number of ether oxygens (including phenoxy) is 1.